The number of aliphatic carboxylic acids is 1. The van der Waals surface area contributed by atoms with Gasteiger partial charge in [0.05, 0.1) is 0 Å². The summed E-state index contributed by atoms with van der Waals surface area (Å²) in [5.74, 6) is 4.53. The van der Waals surface area contributed by atoms with E-state index < -0.39 is 5.97 Å². The second-order valence-electron chi connectivity index (χ2n) is 1.44. The molecule has 1 atom stereocenters. The minimum Gasteiger partial charge on any atom is -0.480 e. The minimum atomic E-state index is -0.793. The Morgan fingerprint density at radius 3 is 2.78 bits per heavy atom. The van der Waals surface area contributed by atoms with Crippen molar-refractivity contribution in [2.24, 2.45) is 0 Å². The van der Waals surface area contributed by atoms with Crippen molar-refractivity contribution < 1.29 is 9.90 Å². The molecular weight excluding hydrogens is 231 g/mol. The number of hydrogen-bond acceptors (Lipinski definition) is 1. The van der Waals surface area contributed by atoms with Crippen LogP contribution in [0, 0.1) is 11.8 Å². The molecule has 2 nitrogen and oxygen atoms in total. The minimum absolute atomic E-state index is 0.366. The SMILES string of the molecule is CC#CCC(I)C(=O)O. The maximum atomic E-state index is 10.1. The van der Waals surface area contributed by atoms with Crippen LogP contribution in [0.2, 0.25) is 0 Å². The third-order valence-electron chi connectivity index (χ3n) is 0.726. The molecule has 0 amide bonds. The topological polar surface area (TPSA) is 37.3 Å². The van der Waals surface area contributed by atoms with Gasteiger partial charge in [0.25, 0.3) is 0 Å². The average molecular weight is 238 g/mol. The van der Waals surface area contributed by atoms with Gasteiger partial charge in [0.2, 0.25) is 0 Å². The first-order chi connectivity index (χ1) is 4.18. The number of carboxylic acids is 1. The normalized spacial score (nSPS) is 11.3. The second kappa shape index (κ2) is 4.62. The monoisotopic (exact) mass is 238 g/mol. The smallest absolute Gasteiger partial charge is 0.317 e. The van der Waals surface area contributed by atoms with Crippen LogP contribution in [0.4, 0.5) is 0 Å². The van der Waals surface area contributed by atoms with Crippen molar-refractivity contribution in [3.05, 3.63) is 0 Å². The lowest BCUT2D eigenvalue weighted by atomic mass is 10.3. The highest BCUT2D eigenvalue weighted by Crippen LogP contribution is 2.03. The molecule has 0 saturated carbocycles. The molecular formula is C6H7IO2. The molecule has 0 aliphatic carbocycles. The van der Waals surface area contributed by atoms with Crippen molar-refractivity contribution in [3.63, 3.8) is 0 Å². The summed E-state index contributed by atoms with van der Waals surface area (Å²) in [7, 11) is 0. The predicted octanol–water partition coefficient (Wildman–Crippen LogP) is 1.29. The average Bonchev–Trinajstić information content (AvgIpc) is 1.82. The molecule has 0 saturated heterocycles. The Labute approximate surface area is 67.8 Å². The quantitative estimate of drug-likeness (QED) is 0.447. The number of hydrogen-bond donors (Lipinski definition) is 1. The van der Waals surface area contributed by atoms with Crippen LogP contribution in [0.15, 0.2) is 0 Å². The molecule has 0 aliphatic rings. The highest BCUT2D eigenvalue weighted by Gasteiger charge is 2.09. The molecule has 0 fully saturated rings. The maximum absolute atomic E-state index is 10.1. The van der Waals surface area contributed by atoms with Crippen LogP contribution in [0.3, 0.4) is 0 Å². The summed E-state index contributed by atoms with van der Waals surface area (Å²) < 4.78 is -0.366. The Hall–Kier alpha value is -0.240. The van der Waals surface area contributed by atoms with Crippen LogP contribution >= 0.6 is 22.6 Å². The van der Waals surface area contributed by atoms with Gasteiger partial charge in [0.15, 0.2) is 0 Å². The van der Waals surface area contributed by atoms with Crippen LogP contribution < -0.4 is 0 Å². The van der Waals surface area contributed by atoms with Gasteiger partial charge in [-0.25, -0.2) is 0 Å². The van der Waals surface area contributed by atoms with E-state index in [1.54, 1.807) is 6.92 Å². The Morgan fingerprint density at radius 2 is 2.44 bits per heavy atom. The summed E-state index contributed by atoms with van der Waals surface area (Å²) in [6.07, 6.45) is 0.437. The first kappa shape index (κ1) is 8.76. The van der Waals surface area contributed by atoms with E-state index in [9.17, 15) is 4.79 Å². The van der Waals surface area contributed by atoms with Gasteiger partial charge in [-0.15, -0.1) is 11.8 Å². The maximum Gasteiger partial charge on any atom is 0.317 e. The summed E-state index contributed by atoms with van der Waals surface area (Å²) in [5, 5.41) is 8.33. The van der Waals surface area contributed by atoms with Crippen molar-refractivity contribution in [3.8, 4) is 11.8 Å². The Kier molecular flexibility index (Phi) is 4.50. The molecule has 0 bridgehead atoms. The Morgan fingerprint density at radius 1 is 1.89 bits per heavy atom. The van der Waals surface area contributed by atoms with Crippen LogP contribution in [0.1, 0.15) is 13.3 Å². The van der Waals surface area contributed by atoms with Crippen molar-refractivity contribution in [1.82, 2.24) is 0 Å². The zero-order valence-electron chi connectivity index (χ0n) is 5.02. The van der Waals surface area contributed by atoms with Crippen LogP contribution in [0.5, 0.6) is 0 Å². The van der Waals surface area contributed by atoms with E-state index >= 15 is 0 Å². The van der Waals surface area contributed by atoms with Crippen molar-refractivity contribution in [2.45, 2.75) is 17.3 Å². The molecule has 1 unspecified atom stereocenters. The fraction of sp³-hybridized carbons (Fsp3) is 0.500. The molecule has 0 radical (unpaired) electrons. The predicted molar refractivity (Wildman–Crippen MR) is 43.5 cm³/mol. The summed E-state index contributed by atoms with van der Waals surface area (Å²) in [4.78, 5) is 10.1. The number of rotatable bonds is 2. The molecule has 50 valence electrons. The third-order valence-corrected chi connectivity index (χ3v) is 1.70. The lowest BCUT2D eigenvalue weighted by molar-refractivity contribution is -0.135. The molecule has 0 spiro atoms. The largest absolute Gasteiger partial charge is 0.480 e. The Balaban J connectivity index is 3.59. The van der Waals surface area contributed by atoms with Crippen molar-refractivity contribution in [2.75, 3.05) is 0 Å². The molecule has 1 N–H and O–H groups in total. The highest BCUT2D eigenvalue weighted by atomic mass is 127. The highest BCUT2D eigenvalue weighted by molar-refractivity contribution is 14.1. The fourth-order valence-electron chi connectivity index (χ4n) is 0.279. The first-order valence-electron chi connectivity index (χ1n) is 2.45. The van der Waals surface area contributed by atoms with E-state index in [2.05, 4.69) is 11.8 Å². The van der Waals surface area contributed by atoms with Crippen molar-refractivity contribution >= 4 is 28.6 Å². The molecule has 0 aliphatic heterocycles. The van der Waals surface area contributed by atoms with Gasteiger partial charge in [-0.3, -0.25) is 4.79 Å². The van der Waals surface area contributed by atoms with Gasteiger partial charge in [0.1, 0.15) is 3.92 Å². The lowest BCUT2D eigenvalue weighted by Crippen LogP contribution is -2.10. The molecule has 0 aromatic carbocycles. The second-order valence-corrected chi connectivity index (χ2v) is 2.94. The van der Waals surface area contributed by atoms with Gasteiger partial charge in [0, 0.05) is 6.42 Å². The van der Waals surface area contributed by atoms with Gasteiger partial charge in [-0.2, -0.15) is 0 Å². The number of carbonyl (C=O) groups is 1. The lowest BCUT2D eigenvalue weighted by Gasteiger charge is -1.94. The summed E-state index contributed by atoms with van der Waals surface area (Å²) >= 11 is 1.85. The van der Waals surface area contributed by atoms with E-state index in [1.165, 1.54) is 0 Å². The standard InChI is InChI=1S/C6H7IO2/c1-2-3-4-5(7)6(8)9/h5H,4H2,1H3,(H,8,9). The van der Waals surface area contributed by atoms with E-state index in [-0.39, 0.29) is 3.92 Å². The summed E-state index contributed by atoms with van der Waals surface area (Å²) in [6, 6.07) is 0. The zero-order chi connectivity index (χ0) is 7.28. The fourth-order valence-corrected chi connectivity index (χ4v) is 0.499. The molecule has 0 rings (SSSR count). The van der Waals surface area contributed by atoms with E-state index in [0.29, 0.717) is 6.42 Å². The zero-order valence-corrected chi connectivity index (χ0v) is 7.18. The third kappa shape index (κ3) is 4.28. The first-order valence-corrected chi connectivity index (χ1v) is 3.69. The molecule has 9 heavy (non-hydrogen) atoms. The van der Waals surface area contributed by atoms with Gasteiger partial charge < -0.3 is 5.11 Å². The molecule has 0 aromatic rings. The van der Waals surface area contributed by atoms with Gasteiger partial charge in [-0.05, 0) is 6.92 Å². The summed E-state index contributed by atoms with van der Waals surface area (Å²) in [5.41, 5.74) is 0. The molecule has 3 heteroatoms. The number of alkyl halides is 1. The van der Waals surface area contributed by atoms with Crippen molar-refractivity contribution in [1.29, 1.82) is 0 Å². The van der Waals surface area contributed by atoms with Gasteiger partial charge >= 0.3 is 5.97 Å². The summed E-state index contributed by atoms with van der Waals surface area (Å²) in [6.45, 7) is 1.70. The molecule has 0 aromatic heterocycles. The number of halogens is 1. The van der Waals surface area contributed by atoms with Crippen LogP contribution in [-0.4, -0.2) is 15.0 Å². The molecule has 0 heterocycles. The van der Waals surface area contributed by atoms with E-state index in [0.717, 1.165) is 0 Å². The van der Waals surface area contributed by atoms with Crippen LogP contribution in [-0.2, 0) is 4.79 Å². The Bertz CT molecular complexity index is 154. The van der Waals surface area contributed by atoms with E-state index in [1.807, 2.05) is 22.6 Å². The van der Waals surface area contributed by atoms with Crippen LogP contribution in [0.25, 0.3) is 0 Å². The number of carboxylic acid groups (broad SMARTS) is 1. The van der Waals surface area contributed by atoms with E-state index in [4.69, 9.17) is 5.11 Å². The van der Waals surface area contributed by atoms with Gasteiger partial charge in [-0.1, -0.05) is 22.6 Å².